The Balaban J connectivity index is 2.99. The smallest absolute Gasteiger partial charge is 0.272 e. The van der Waals surface area contributed by atoms with Gasteiger partial charge in [0.25, 0.3) is 5.69 Å². The molecule has 0 aliphatic heterocycles. The van der Waals surface area contributed by atoms with Crippen molar-refractivity contribution in [1.29, 1.82) is 0 Å². The van der Waals surface area contributed by atoms with E-state index in [0.717, 1.165) is 5.56 Å². The first-order chi connectivity index (χ1) is 7.16. The van der Waals surface area contributed by atoms with Gasteiger partial charge in [0, 0.05) is 18.2 Å². The third-order valence-electron chi connectivity index (χ3n) is 2.14. The molecule has 4 nitrogen and oxygen atoms in total. The highest BCUT2D eigenvalue weighted by molar-refractivity contribution is 5.59. The molecule has 0 aliphatic rings. The lowest BCUT2D eigenvalue weighted by atomic mass is 10.1. The molecule has 0 spiro atoms. The summed E-state index contributed by atoms with van der Waals surface area (Å²) in [6.45, 7) is 1.81. The number of benzene rings is 1. The molecule has 15 heavy (non-hydrogen) atoms. The number of nitrogens with zero attached hydrogens (tertiary/aromatic N) is 1. The number of rotatable bonds is 4. The Bertz CT molecular complexity index is 385. The molecule has 1 N–H and O–H groups in total. The van der Waals surface area contributed by atoms with Crippen LogP contribution < -0.4 is 0 Å². The molecule has 0 aliphatic carbocycles. The molecular formula is C11H13NO3. The van der Waals surface area contributed by atoms with Crippen LogP contribution in [0.25, 0.3) is 6.08 Å². The molecular weight excluding hydrogens is 194 g/mol. The minimum Gasteiger partial charge on any atom is -0.396 e. The molecule has 80 valence electrons. The number of hydrogen-bond acceptors (Lipinski definition) is 3. The fourth-order valence-corrected chi connectivity index (χ4v) is 1.30. The summed E-state index contributed by atoms with van der Waals surface area (Å²) in [6.07, 6.45) is 4.15. The van der Waals surface area contributed by atoms with Crippen molar-refractivity contribution in [1.82, 2.24) is 0 Å². The fraction of sp³-hybridized carbons (Fsp3) is 0.273. The van der Waals surface area contributed by atoms with E-state index in [2.05, 4.69) is 0 Å². The summed E-state index contributed by atoms with van der Waals surface area (Å²) in [4.78, 5) is 10.3. The largest absolute Gasteiger partial charge is 0.396 e. The molecule has 1 rings (SSSR count). The first kappa shape index (κ1) is 11.4. The summed E-state index contributed by atoms with van der Waals surface area (Å²) in [5.41, 5.74) is 1.59. The second kappa shape index (κ2) is 5.26. The zero-order valence-corrected chi connectivity index (χ0v) is 8.51. The Morgan fingerprint density at radius 1 is 1.53 bits per heavy atom. The predicted octanol–water partition coefficient (Wildman–Crippen LogP) is 2.30. The molecule has 0 bridgehead atoms. The highest BCUT2D eigenvalue weighted by atomic mass is 16.6. The molecule has 0 amide bonds. The Labute approximate surface area is 88.0 Å². The van der Waals surface area contributed by atoms with Crippen LogP contribution in [0.1, 0.15) is 17.5 Å². The third-order valence-corrected chi connectivity index (χ3v) is 2.14. The second-order valence-corrected chi connectivity index (χ2v) is 3.16. The highest BCUT2D eigenvalue weighted by Gasteiger charge is 2.10. The van der Waals surface area contributed by atoms with Crippen LogP contribution in [0.3, 0.4) is 0 Å². The molecule has 0 heterocycles. The van der Waals surface area contributed by atoms with E-state index in [1.54, 1.807) is 25.1 Å². The summed E-state index contributed by atoms with van der Waals surface area (Å²) in [5.74, 6) is 0. The van der Waals surface area contributed by atoms with Gasteiger partial charge in [0.1, 0.15) is 0 Å². The van der Waals surface area contributed by atoms with Gasteiger partial charge in [0.2, 0.25) is 0 Å². The zero-order valence-electron chi connectivity index (χ0n) is 8.51. The zero-order chi connectivity index (χ0) is 11.3. The SMILES string of the molecule is Cc1c(C=CCCO)cccc1[N+](=O)[O-]. The van der Waals surface area contributed by atoms with E-state index in [9.17, 15) is 10.1 Å². The van der Waals surface area contributed by atoms with Crippen molar-refractivity contribution >= 4 is 11.8 Å². The minimum atomic E-state index is -0.390. The van der Waals surface area contributed by atoms with E-state index in [0.29, 0.717) is 12.0 Å². The lowest BCUT2D eigenvalue weighted by Gasteiger charge is -2.00. The van der Waals surface area contributed by atoms with Crippen molar-refractivity contribution in [2.45, 2.75) is 13.3 Å². The molecule has 1 aromatic rings. The van der Waals surface area contributed by atoms with E-state index in [-0.39, 0.29) is 12.3 Å². The quantitative estimate of drug-likeness (QED) is 0.608. The van der Waals surface area contributed by atoms with Crippen LogP contribution in [-0.4, -0.2) is 16.6 Å². The molecule has 0 atom stereocenters. The summed E-state index contributed by atoms with van der Waals surface area (Å²) in [6, 6.07) is 4.96. The molecule has 4 heteroatoms. The van der Waals surface area contributed by atoms with Gasteiger partial charge in [-0.05, 0) is 18.9 Å². The van der Waals surface area contributed by atoms with Crippen LogP contribution in [0.4, 0.5) is 5.69 Å². The summed E-state index contributed by atoms with van der Waals surface area (Å²) < 4.78 is 0. The molecule has 0 unspecified atom stereocenters. The van der Waals surface area contributed by atoms with Crippen LogP contribution in [0, 0.1) is 17.0 Å². The Morgan fingerprint density at radius 3 is 2.87 bits per heavy atom. The summed E-state index contributed by atoms with van der Waals surface area (Å²) in [7, 11) is 0. The minimum absolute atomic E-state index is 0.0878. The van der Waals surface area contributed by atoms with Crippen LogP contribution in [-0.2, 0) is 0 Å². The molecule has 0 fully saturated rings. The summed E-state index contributed by atoms with van der Waals surface area (Å²) >= 11 is 0. The molecule has 0 saturated carbocycles. The van der Waals surface area contributed by atoms with E-state index < -0.39 is 4.92 Å². The van der Waals surface area contributed by atoms with E-state index in [1.807, 2.05) is 6.07 Å². The number of hydrogen-bond donors (Lipinski definition) is 1. The van der Waals surface area contributed by atoms with Gasteiger partial charge in [-0.2, -0.15) is 0 Å². The molecule has 0 aromatic heterocycles. The number of aliphatic hydroxyl groups is 1. The van der Waals surface area contributed by atoms with Crippen molar-refractivity contribution in [3.63, 3.8) is 0 Å². The van der Waals surface area contributed by atoms with E-state index in [1.165, 1.54) is 6.07 Å². The Kier molecular flexibility index (Phi) is 4.00. The predicted molar refractivity (Wildman–Crippen MR) is 58.6 cm³/mol. The molecule has 0 radical (unpaired) electrons. The normalized spacial score (nSPS) is 10.8. The molecule has 1 aromatic carbocycles. The fourth-order valence-electron chi connectivity index (χ4n) is 1.30. The summed E-state index contributed by atoms with van der Waals surface area (Å²) in [5, 5.41) is 19.2. The van der Waals surface area contributed by atoms with Gasteiger partial charge in [-0.25, -0.2) is 0 Å². The monoisotopic (exact) mass is 207 g/mol. The van der Waals surface area contributed by atoms with Gasteiger partial charge < -0.3 is 5.11 Å². The van der Waals surface area contributed by atoms with Gasteiger partial charge in [0.15, 0.2) is 0 Å². The lowest BCUT2D eigenvalue weighted by Crippen LogP contribution is -1.93. The van der Waals surface area contributed by atoms with Gasteiger partial charge >= 0.3 is 0 Å². The van der Waals surface area contributed by atoms with Crippen LogP contribution >= 0.6 is 0 Å². The van der Waals surface area contributed by atoms with E-state index >= 15 is 0 Å². The Hall–Kier alpha value is -1.68. The molecule has 0 saturated heterocycles. The maximum Gasteiger partial charge on any atom is 0.272 e. The van der Waals surface area contributed by atoms with Gasteiger partial charge in [-0.15, -0.1) is 0 Å². The van der Waals surface area contributed by atoms with Gasteiger partial charge in [-0.3, -0.25) is 10.1 Å². The number of nitro benzene ring substituents is 1. The standard InChI is InChI=1S/C11H13NO3/c1-9-10(5-2-3-8-13)6-4-7-11(9)12(14)15/h2,4-7,13H,3,8H2,1H3. The van der Waals surface area contributed by atoms with Crippen molar-refractivity contribution in [2.75, 3.05) is 6.61 Å². The third kappa shape index (κ3) is 2.89. The van der Waals surface area contributed by atoms with Crippen molar-refractivity contribution in [2.24, 2.45) is 0 Å². The average Bonchev–Trinajstić information content (AvgIpc) is 2.20. The highest BCUT2D eigenvalue weighted by Crippen LogP contribution is 2.21. The maximum absolute atomic E-state index is 10.6. The maximum atomic E-state index is 10.6. The topological polar surface area (TPSA) is 63.4 Å². The second-order valence-electron chi connectivity index (χ2n) is 3.16. The first-order valence-corrected chi connectivity index (χ1v) is 4.68. The number of nitro groups is 1. The Morgan fingerprint density at radius 2 is 2.27 bits per heavy atom. The first-order valence-electron chi connectivity index (χ1n) is 4.68. The lowest BCUT2D eigenvalue weighted by molar-refractivity contribution is -0.385. The van der Waals surface area contributed by atoms with Crippen LogP contribution in [0.15, 0.2) is 24.3 Å². The van der Waals surface area contributed by atoms with Gasteiger partial charge in [-0.1, -0.05) is 24.3 Å². The van der Waals surface area contributed by atoms with Crippen LogP contribution in [0.5, 0.6) is 0 Å². The van der Waals surface area contributed by atoms with Gasteiger partial charge in [0.05, 0.1) is 4.92 Å². The van der Waals surface area contributed by atoms with E-state index in [4.69, 9.17) is 5.11 Å². The number of aliphatic hydroxyl groups excluding tert-OH is 1. The van der Waals surface area contributed by atoms with Crippen LogP contribution in [0.2, 0.25) is 0 Å². The average molecular weight is 207 g/mol. The van der Waals surface area contributed by atoms with Crippen molar-refractivity contribution in [3.8, 4) is 0 Å². The van der Waals surface area contributed by atoms with Crippen molar-refractivity contribution in [3.05, 3.63) is 45.5 Å². The van der Waals surface area contributed by atoms with Crippen molar-refractivity contribution < 1.29 is 10.0 Å².